The molecule has 134 valence electrons. The van der Waals surface area contributed by atoms with Crippen molar-refractivity contribution in [3.63, 3.8) is 0 Å². The Bertz CT molecular complexity index is 429. The van der Waals surface area contributed by atoms with Crippen LogP contribution < -0.4 is 5.73 Å². The Morgan fingerprint density at radius 2 is 1.70 bits per heavy atom. The first-order chi connectivity index (χ1) is 9.74. The van der Waals surface area contributed by atoms with E-state index in [0.717, 1.165) is 32.7 Å². The molecule has 0 amide bonds. The average Bonchev–Trinajstić information content (AvgIpc) is 2.50. The van der Waals surface area contributed by atoms with E-state index in [1.54, 1.807) is 0 Å². The van der Waals surface area contributed by atoms with Gasteiger partial charge in [0.05, 0.1) is 7.11 Å². The van der Waals surface area contributed by atoms with Crippen molar-refractivity contribution in [2.45, 2.75) is 12.6 Å². The van der Waals surface area contributed by atoms with Gasteiger partial charge < -0.3 is 10.5 Å². The van der Waals surface area contributed by atoms with Crippen LogP contribution in [0.2, 0.25) is 0 Å². The molecule has 1 aromatic carbocycles. The van der Waals surface area contributed by atoms with Crippen LogP contribution >= 0.6 is 37.2 Å². The van der Waals surface area contributed by atoms with E-state index >= 15 is 0 Å². The summed E-state index contributed by atoms with van der Waals surface area (Å²) in [6.45, 7) is 4.87. The lowest BCUT2D eigenvalue weighted by atomic mass is 10.1. The summed E-state index contributed by atoms with van der Waals surface area (Å²) < 4.78 is 4.80. The summed E-state index contributed by atoms with van der Waals surface area (Å²) in [5.74, 6) is -0.232. The van der Waals surface area contributed by atoms with Gasteiger partial charge in [-0.25, -0.2) is 0 Å². The van der Waals surface area contributed by atoms with Crippen LogP contribution in [-0.2, 0) is 16.1 Å². The zero-order chi connectivity index (χ0) is 14.4. The summed E-state index contributed by atoms with van der Waals surface area (Å²) in [4.78, 5) is 16.2. The maximum Gasteiger partial charge on any atom is 0.324 e. The van der Waals surface area contributed by atoms with Gasteiger partial charge in [-0.2, -0.15) is 0 Å². The Balaban J connectivity index is 0. The number of carbonyl (C=O) groups is 1. The molecule has 1 saturated heterocycles. The second-order valence-electron chi connectivity index (χ2n) is 5.07. The zero-order valence-electron chi connectivity index (χ0n) is 13.2. The van der Waals surface area contributed by atoms with Crippen molar-refractivity contribution >= 4 is 43.2 Å². The monoisotopic (exact) mass is 385 g/mol. The van der Waals surface area contributed by atoms with Crippen molar-refractivity contribution in [2.24, 2.45) is 5.73 Å². The lowest BCUT2D eigenvalue weighted by Gasteiger charge is -2.37. The van der Waals surface area contributed by atoms with Gasteiger partial charge in [0.2, 0.25) is 0 Å². The van der Waals surface area contributed by atoms with Gasteiger partial charge in [-0.15, -0.1) is 37.2 Å². The molecule has 0 saturated carbocycles. The van der Waals surface area contributed by atoms with Crippen molar-refractivity contribution in [3.8, 4) is 0 Å². The van der Waals surface area contributed by atoms with Crippen LogP contribution in [0, 0.1) is 0 Å². The number of nitrogens with two attached hydrogens (primary N) is 1. The molecule has 1 heterocycles. The summed E-state index contributed by atoms with van der Waals surface area (Å²) in [5, 5.41) is 0. The van der Waals surface area contributed by atoms with E-state index < -0.39 is 0 Å². The number of hydrogen-bond acceptors (Lipinski definition) is 5. The molecule has 0 unspecified atom stereocenters. The fourth-order valence-electron chi connectivity index (χ4n) is 2.61. The van der Waals surface area contributed by atoms with Gasteiger partial charge in [-0.1, -0.05) is 30.3 Å². The summed E-state index contributed by atoms with van der Waals surface area (Å²) in [6.07, 6.45) is 0. The third kappa shape index (κ3) is 7.25. The summed E-state index contributed by atoms with van der Waals surface area (Å²) >= 11 is 0. The van der Waals surface area contributed by atoms with Gasteiger partial charge >= 0.3 is 5.97 Å². The van der Waals surface area contributed by atoms with Gasteiger partial charge in [0.15, 0.2) is 0 Å². The van der Waals surface area contributed by atoms with Gasteiger partial charge in [-0.05, 0) is 5.56 Å². The number of rotatable bonds is 5. The Hall–Kier alpha value is -0.560. The Morgan fingerprint density at radius 3 is 2.17 bits per heavy atom. The SMILES string of the molecule is COC(=O)[C@H](CN)N1CCN(Cc2ccccc2)CC1.Cl.Cl.Cl. The molecule has 0 aliphatic carbocycles. The smallest absolute Gasteiger partial charge is 0.324 e. The minimum Gasteiger partial charge on any atom is -0.468 e. The van der Waals surface area contributed by atoms with Crippen LogP contribution in [-0.4, -0.2) is 61.6 Å². The topological polar surface area (TPSA) is 58.8 Å². The van der Waals surface area contributed by atoms with Crippen LogP contribution in [0.3, 0.4) is 0 Å². The average molecular weight is 387 g/mol. The molecule has 5 nitrogen and oxygen atoms in total. The molecule has 0 radical (unpaired) electrons. The first-order valence-corrected chi connectivity index (χ1v) is 7.03. The molecule has 1 aromatic rings. The van der Waals surface area contributed by atoms with Crippen LogP contribution in [0.5, 0.6) is 0 Å². The Kier molecular flexibility index (Phi) is 13.8. The van der Waals surface area contributed by atoms with E-state index in [9.17, 15) is 4.79 Å². The van der Waals surface area contributed by atoms with Gasteiger partial charge in [0.1, 0.15) is 6.04 Å². The second kappa shape index (κ2) is 12.8. The minimum absolute atomic E-state index is 0. The van der Waals surface area contributed by atoms with E-state index in [2.05, 4.69) is 34.1 Å². The number of halogens is 3. The Labute approximate surface area is 156 Å². The number of ether oxygens (including phenoxy) is 1. The van der Waals surface area contributed by atoms with Crippen molar-refractivity contribution < 1.29 is 9.53 Å². The maximum absolute atomic E-state index is 11.7. The van der Waals surface area contributed by atoms with Gasteiger partial charge in [-0.3, -0.25) is 14.6 Å². The number of esters is 1. The summed E-state index contributed by atoms with van der Waals surface area (Å²) in [6, 6.07) is 10.1. The van der Waals surface area contributed by atoms with Crippen molar-refractivity contribution in [1.29, 1.82) is 0 Å². The second-order valence-corrected chi connectivity index (χ2v) is 5.07. The maximum atomic E-state index is 11.7. The molecule has 1 aliphatic rings. The highest BCUT2D eigenvalue weighted by atomic mass is 35.5. The first kappa shape index (κ1) is 24.7. The molecule has 23 heavy (non-hydrogen) atoms. The summed E-state index contributed by atoms with van der Waals surface area (Å²) in [7, 11) is 1.41. The van der Waals surface area contributed by atoms with E-state index in [-0.39, 0.29) is 49.2 Å². The number of nitrogens with zero attached hydrogens (tertiary/aromatic N) is 2. The first-order valence-electron chi connectivity index (χ1n) is 7.03. The lowest BCUT2D eigenvalue weighted by Crippen LogP contribution is -2.55. The highest BCUT2D eigenvalue weighted by molar-refractivity contribution is 5.86. The number of hydrogen-bond donors (Lipinski definition) is 1. The van der Waals surface area contributed by atoms with E-state index in [4.69, 9.17) is 10.5 Å². The van der Waals surface area contributed by atoms with Crippen LogP contribution in [0.1, 0.15) is 5.56 Å². The van der Waals surface area contributed by atoms with Gasteiger partial charge in [0.25, 0.3) is 0 Å². The van der Waals surface area contributed by atoms with Crippen molar-refractivity contribution in [3.05, 3.63) is 35.9 Å². The quantitative estimate of drug-likeness (QED) is 0.778. The predicted molar refractivity (Wildman–Crippen MR) is 99.9 cm³/mol. The molecule has 1 atom stereocenters. The number of benzene rings is 1. The third-order valence-electron chi connectivity index (χ3n) is 3.79. The fourth-order valence-corrected chi connectivity index (χ4v) is 2.61. The largest absolute Gasteiger partial charge is 0.468 e. The molecule has 2 N–H and O–H groups in total. The lowest BCUT2D eigenvalue weighted by molar-refractivity contribution is -0.147. The predicted octanol–water partition coefficient (Wildman–Crippen LogP) is 1.57. The van der Waals surface area contributed by atoms with E-state index in [1.807, 2.05) is 6.07 Å². The molecular weight excluding hydrogens is 361 g/mol. The summed E-state index contributed by atoms with van der Waals surface area (Å²) in [5.41, 5.74) is 7.01. The Morgan fingerprint density at radius 1 is 1.13 bits per heavy atom. The molecule has 8 heteroatoms. The minimum atomic E-state index is -0.307. The van der Waals surface area contributed by atoms with Crippen LogP contribution in [0.25, 0.3) is 0 Å². The zero-order valence-corrected chi connectivity index (χ0v) is 15.7. The molecule has 1 fully saturated rings. The highest BCUT2D eigenvalue weighted by Crippen LogP contribution is 2.11. The normalized spacial score (nSPS) is 16.3. The fraction of sp³-hybridized carbons (Fsp3) is 0.533. The number of piperazine rings is 1. The molecular formula is C15H26Cl3N3O2. The third-order valence-corrected chi connectivity index (χ3v) is 3.79. The molecule has 2 rings (SSSR count). The molecule has 0 spiro atoms. The molecule has 0 aromatic heterocycles. The van der Waals surface area contributed by atoms with Crippen molar-refractivity contribution in [1.82, 2.24) is 9.80 Å². The van der Waals surface area contributed by atoms with Crippen molar-refractivity contribution in [2.75, 3.05) is 39.8 Å². The number of methoxy groups -OCH3 is 1. The standard InChI is InChI=1S/C15H23N3O2.3ClH/c1-20-15(19)14(11-16)18-9-7-17(8-10-18)12-13-5-3-2-4-6-13;;;/h2-6,14H,7-12,16H2,1H3;3*1H/t14-;;;/m0.../s1. The molecule has 0 bridgehead atoms. The van der Waals surface area contributed by atoms with Gasteiger partial charge in [0, 0.05) is 39.3 Å². The molecule has 1 aliphatic heterocycles. The highest BCUT2D eigenvalue weighted by Gasteiger charge is 2.28. The van der Waals surface area contributed by atoms with Crippen LogP contribution in [0.4, 0.5) is 0 Å². The number of carbonyl (C=O) groups excluding carboxylic acids is 1. The van der Waals surface area contributed by atoms with Crippen LogP contribution in [0.15, 0.2) is 30.3 Å². The van der Waals surface area contributed by atoms with E-state index in [1.165, 1.54) is 12.7 Å². The van der Waals surface area contributed by atoms with E-state index in [0.29, 0.717) is 6.54 Å².